The third kappa shape index (κ3) is 4.72. The Balaban J connectivity index is 1.26. The fourth-order valence-corrected chi connectivity index (χ4v) is 7.11. The first-order chi connectivity index (χ1) is 18.4. The second kappa shape index (κ2) is 9.96. The average molecular weight is 530 g/mol. The molecular formula is C29H31N5O3S. The van der Waals surface area contributed by atoms with Gasteiger partial charge < -0.3 is 10.5 Å². The number of hydrogen-bond acceptors (Lipinski definition) is 7. The molecule has 0 amide bonds. The summed E-state index contributed by atoms with van der Waals surface area (Å²) in [5.41, 5.74) is 10.1. The molecule has 0 saturated heterocycles. The van der Waals surface area contributed by atoms with Crippen LogP contribution in [0.2, 0.25) is 0 Å². The summed E-state index contributed by atoms with van der Waals surface area (Å²) in [5.74, 6) is 3.07. The van der Waals surface area contributed by atoms with E-state index in [0.717, 1.165) is 71.5 Å². The highest BCUT2D eigenvalue weighted by Crippen LogP contribution is 2.54. The fourth-order valence-electron chi connectivity index (χ4n) is 6.32. The molecule has 3 aliphatic rings. The lowest BCUT2D eigenvalue weighted by Gasteiger charge is -2.47. The molecule has 1 aliphatic heterocycles. The van der Waals surface area contributed by atoms with Crippen molar-refractivity contribution >= 4 is 21.6 Å². The number of anilines is 1. The Morgan fingerprint density at radius 1 is 0.974 bits per heavy atom. The predicted octanol–water partition coefficient (Wildman–Crippen LogP) is 4.80. The summed E-state index contributed by atoms with van der Waals surface area (Å²) in [4.78, 5) is 14.3. The van der Waals surface area contributed by atoms with Gasteiger partial charge in [0.25, 0.3) is 0 Å². The zero-order valence-electron chi connectivity index (χ0n) is 21.0. The standard InChI is InChI=1S/C29H31N5O3S/c1-2-38(35,36)34-20-12-8-18(9-13-20)25-23-16-24(25)33-27(26-28(23)31-17-32-29(26)30)19-10-14-22(15-11-19)37-21-6-4-3-5-7-21/h2-7,10-11,14-15,17-18,20,23-25,34H,1,8-9,12-13,16H2,(H2,30,31,32). The zero-order chi connectivity index (χ0) is 26.3. The Hall–Kier alpha value is -3.56. The molecule has 3 aromatic rings. The number of nitrogen functional groups attached to an aromatic ring is 1. The number of rotatable bonds is 7. The van der Waals surface area contributed by atoms with E-state index in [0.29, 0.717) is 17.7 Å². The van der Waals surface area contributed by atoms with Crippen LogP contribution < -0.4 is 15.2 Å². The fraction of sp³-hybridized carbons (Fsp3) is 0.345. The lowest BCUT2D eigenvalue weighted by atomic mass is 9.59. The zero-order valence-corrected chi connectivity index (χ0v) is 21.8. The SMILES string of the molecule is C=CS(=O)(=O)NC1CCC(C2C3CC2c2ncnc(N)c2C(c2ccc(Oc4ccccc4)cc2)=N3)CC1. The minimum atomic E-state index is -3.42. The molecule has 38 heavy (non-hydrogen) atoms. The normalized spacial score (nSPS) is 26.3. The molecule has 0 spiro atoms. The van der Waals surface area contributed by atoms with Crippen molar-refractivity contribution in [3.63, 3.8) is 0 Å². The van der Waals surface area contributed by atoms with Crippen LogP contribution in [0.25, 0.3) is 0 Å². The quantitative estimate of drug-likeness (QED) is 0.454. The molecule has 2 aliphatic carbocycles. The van der Waals surface area contributed by atoms with Crippen LogP contribution in [0.15, 0.2) is 77.9 Å². The van der Waals surface area contributed by atoms with Gasteiger partial charge in [-0.1, -0.05) is 24.8 Å². The van der Waals surface area contributed by atoms with E-state index in [1.165, 1.54) is 0 Å². The maximum atomic E-state index is 11.9. The summed E-state index contributed by atoms with van der Waals surface area (Å²) in [6.07, 6.45) is 6.02. The van der Waals surface area contributed by atoms with E-state index < -0.39 is 10.0 Å². The van der Waals surface area contributed by atoms with E-state index in [2.05, 4.69) is 16.3 Å². The third-order valence-electron chi connectivity index (χ3n) is 8.17. The Bertz CT molecular complexity index is 1470. The molecule has 3 unspecified atom stereocenters. The molecule has 2 heterocycles. The van der Waals surface area contributed by atoms with E-state index in [1.807, 2.05) is 54.6 Å². The number of para-hydroxylation sites is 1. The first-order valence-electron chi connectivity index (χ1n) is 13.1. The molecule has 0 radical (unpaired) electrons. The summed E-state index contributed by atoms with van der Waals surface area (Å²) in [5, 5.41) is 0.983. The summed E-state index contributed by atoms with van der Waals surface area (Å²) in [6, 6.07) is 17.7. The van der Waals surface area contributed by atoms with Gasteiger partial charge in [-0.05, 0) is 80.3 Å². The van der Waals surface area contributed by atoms with Crippen molar-refractivity contribution in [3.8, 4) is 11.5 Å². The Morgan fingerprint density at radius 2 is 1.68 bits per heavy atom. The minimum Gasteiger partial charge on any atom is -0.457 e. The molecule has 3 atom stereocenters. The van der Waals surface area contributed by atoms with Crippen molar-refractivity contribution in [2.45, 2.75) is 50.1 Å². The summed E-state index contributed by atoms with van der Waals surface area (Å²) >= 11 is 0. The minimum absolute atomic E-state index is 0.0442. The van der Waals surface area contributed by atoms with Crippen LogP contribution in [0.1, 0.15) is 54.8 Å². The first kappa shape index (κ1) is 24.8. The Morgan fingerprint density at radius 3 is 2.39 bits per heavy atom. The monoisotopic (exact) mass is 529 g/mol. The highest BCUT2D eigenvalue weighted by atomic mass is 32.2. The summed E-state index contributed by atoms with van der Waals surface area (Å²) < 4.78 is 32.6. The lowest BCUT2D eigenvalue weighted by molar-refractivity contribution is 0.0942. The Kier molecular flexibility index (Phi) is 6.49. The van der Waals surface area contributed by atoms with Crippen molar-refractivity contribution in [2.75, 3.05) is 5.73 Å². The predicted molar refractivity (Wildman–Crippen MR) is 148 cm³/mol. The topological polar surface area (TPSA) is 120 Å². The van der Waals surface area contributed by atoms with Crippen LogP contribution in [0, 0.1) is 11.8 Å². The highest BCUT2D eigenvalue weighted by molar-refractivity contribution is 7.92. The molecule has 2 bridgehead atoms. The van der Waals surface area contributed by atoms with Crippen LogP contribution in [0.3, 0.4) is 0 Å². The van der Waals surface area contributed by atoms with Crippen LogP contribution in [-0.4, -0.2) is 36.2 Å². The second-order valence-electron chi connectivity index (χ2n) is 10.4. The van der Waals surface area contributed by atoms with Gasteiger partial charge in [-0.3, -0.25) is 4.99 Å². The lowest BCUT2D eigenvalue weighted by Crippen LogP contribution is -2.46. The third-order valence-corrected chi connectivity index (χ3v) is 9.27. The maximum Gasteiger partial charge on any atom is 0.233 e. The maximum absolute atomic E-state index is 11.9. The number of sulfonamides is 1. The smallest absolute Gasteiger partial charge is 0.233 e. The first-order valence-corrected chi connectivity index (χ1v) is 14.6. The number of fused-ring (bicyclic) bond motifs is 4. The average Bonchev–Trinajstić information content (AvgIpc) is 3.17. The van der Waals surface area contributed by atoms with Crippen molar-refractivity contribution < 1.29 is 13.2 Å². The van der Waals surface area contributed by atoms with Gasteiger partial charge in [0.05, 0.1) is 23.0 Å². The van der Waals surface area contributed by atoms with Gasteiger partial charge in [-0.2, -0.15) is 0 Å². The molecule has 9 heteroatoms. The van der Waals surface area contributed by atoms with Crippen LogP contribution in [0.5, 0.6) is 11.5 Å². The van der Waals surface area contributed by atoms with Gasteiger partial charge >= 0.3 is 0 Å². The van der Waals surface area contributed by atoms with Crippen LogP contribution >= 0.6 is 0 Å². The van der Waals surface area contributed by atoms with Gasteiger partial charge in [0, 0.05) is 22.9 Å². The van der Waals surface area contributed by atoms with E-state index in [4.69, 9.17) is 20.4 Å². The van der Waals surface area contributed by atoms with Gasteiger partial charge in [0.15, 0.2) is 0 Å². The molecule has 2 saturated carbocycles. The largest absolute Gasteiger partial charge is 0.457 e. The van der Waals surface area contributed by atoms with Crippen LogP contribution in [-0.2, 0) is 10.0 Å². The number of ether oxygens (including phenoxy) is 1. The number of nitrogens with two attached hydrogens (primary N) is 1. The molecule has 6 rings (SSSR count). The van der Waals surface area contributed by atoms with Gasteiger partial charge in [-0.15, -0.1) is 0 Å². The molecule has 2 fully saturated rings. The second-order valence-corrected chi connectivity index (χ2v) is 12.0. The number of aliphatic imine (C=N–C) groups is 1. The van der Waals surface area contributed by atoms with Crippen molar-refractivity contribution in [2.24, 2.45) is 16.8 Å². The molecule has 1 aromatic heterocycles. The van der Waals surface area contributed by atoms with E-state index >= 15 is 0 Å². The highest BCUT2D eigenvalue weighted by Gasteiger charge is 2.50. The van der Waals surface area contributed by atoms with Gasteiger partial charge in [0.1, 0.15) is 23.6 Å². The number of benzene rings is 2. The van der Waals surface area contributed by atoms with E-state index in [9.17, 15) is 8.42 Å². The van der Waals surface area contributed by atoms with Crippen molar-refractivity contribution in [3.05, 3.63) is 89.7 Å². The molecular weight excluding hydrogens is 498 g/mol. The van der Waals surface area contributed by atoms with Gasteiger partial charge in [0.2, 0.25) is 10.0 Å². The number of nitrogens with one attached hydrogen (secondary N) is 1. The van der Waals surface area contributed by atoms with Crippen LogP contribution in [0.4, 0.5) is 5.82 Å². The van der Waals surface area contributed by atoms with Gasteiger partial charge in [-0.25, -0.2) is 23.1 Å². The molecule has 8 nitrogen and oxygen atoms in total. The summed E-state index contributed by atoms with van der Waals surface area (Å²) in [7, 11) is -3.42. The van der Waals surface area contributed by atoms with Crippen molar-refractivity contribution in [1.82, 2.24) is 14.7 Å². The Labute approximate surface area is 223 Å². The number of hydrogen-bond donors (Lipinski definition) is 2. The number of nitrogens with zero attached hydrogens (tertiary/aromatic N) is 3. The van der Waals surface area contributed by atoms with E-state index in [1.54, 1.807) is 6.33 Å². The van der Waals surface area contributed by atoms with E-state index in [-0.39, 0.29) is 18.0 Å². The summed E-state index contributed by atoms with van der Waals surface area (Å²) in [6.45, 7) is 3.40. The number of aromatic nitrogens is 2. The molecule has 3 N–H and O–H groups in total. The molecule has 2 aromatic carbocycles. The van der Waals surface area contributed by atoms with Crippen molar-refractivity contribution in [1.29, 1.82) is 0 Å². The molecule has 196 valence electrons.